The maximum atomic E-state index is 4.70. The van der Waals surface area contributed by atoms with Crippen molar-refractivity contribution in [1.82, 2.24) is 15.4 Å². The van der Waals surface area contributed by atoms with Crippen LogP contribution in [-0.2, 0) is 0 Å². The third-order valence-electron chi connectivity index (χ3n) is 8.96. The summed E-state index contributed by atoms with van der Waals surface area (Å²) in [4.78, 5) is 0. The molecule has 0 amide bonds. The van der Waals surface area contributed by atoms with E-state index in [0.717, 1.165) is 27.8 Å². The van der Waals surface area contributed by atoms with Crippen LogP contribution in [0.1, 0.15) is 27.8 Å². The van der Waals surface area contributed by atoms with Gasteiger partial charge in [-0.25, -0.2) is 0 Å². The molecular weight excluding hydrogens is 498 g/mol. The van der Waals surface area contributed by atoms with Crippen molar-refractivity contribution in [3.05, 3.63) is 167 Å². The number of nitrogens with zero attached hydrogens (tertiary/aromatic N) is 3. The van der Waals surface area contributed by atoms with Crippen molar-refractivity contribution in [2.75, 3.05) is 0 Å². The summed E-state index contributed by atoms with van der Waals surface area (Å²) >= 11 is 0. The predicted octanol–water partition coefficient (Wildman–Crippen LogP) is 8.61. The number of benzene rings is 4. The Morgan fingerprint density at radius 1 is 0.537 bits per heavy atom. The molecule has 4 aliphatic rings. The number of hydrogen-bond donors (Lipinski definition) is 0. The minimum absolute atomic E-state index is 0.518. The zero-order chi connectivity index (χ0) is 27.0. The fraction of sp³-hybridized carbons (Fsp3) is 0.0263. The molecule has 0 aliphatic heterocycles. The molecule has 0 fully saturated rings. The average molecular weight is 522 g/mol. The van der Waals surface area contributed by atoms with Gasteiger partial charge in [0.1, 0.15) is 5.69 Å². The average Bonchev–Trinajstić information content (AvgIpc) is 3.61. The Hall–Kier alpha value is -5.41. The topological polar surface area (TPSA) is 38.7 Å². The first-order valence-corrected chi connectivity index (χ1v) is 14.0. The maximum absolute atomic E-state index is 4.70. The van der Waals surface area contributed by atoms with Gasteiger partial charge in [-0.3, -0.25) is 0 Å². The predicted molar refractivity (Wildman–Crippen MR) is 167 cm³/mol. The minimum Gasteiger partial charge on any atom is -0.138 e. The molecule has 1 aromatic heterocycles. The number of hydrogen-bond acceptors (Lipinski definition) is 3. The van der Waals surface area contributed by atoms with Gasteiger partial charge in [-0.2, -0.15) is 0 Å². The lowest BCUT2D eigenvalue weighted by atomic mass is 9.60. The van der Waals surface area contributed by atoms with Crippen molar-refractivity contribution >= 4 is 39.6 Å². The van der Waals surface area contributed by atoms with Crippen molar-refractivity contribution in [3.8, 4) is 11.3 Å². The van der Waals surface area contributed by atoms with Crippen LogP contribution in [0.2, 0.25) is 0 Å². The third kappa shape index (κ3) is 3.00. The molecule has 4 aromatic carbocycles. The number of rotatable bonds is 2. The second kappa shape index (κ2) is 8.30. The summed E-state index contributed by atoms with van der Waals surface area (Å²) in [6.07, 6.45) is 18.1. The lowest BCUT2D eigenvalue weighted by Crippen LogP contribution is -2.29. The molecule has 3 heteroatoms. The Kier molecular flexibility index (Phi) is 4.53. The molecule has 5 aromatic rings. The van der Waals surface area contributed by atoms with Crippen LogP contribution in [0.5, 0.6) is 0 Å². The van der Waals surface area contributed by atoms with Crippen LogP contribution in [0.25, 0.3) is 50.9 Å². The van der Waals surface area contributed by atoms with Crippen LogP contribution in [-0.4, -0.2) is 15.4 Å². The highest BCUT2D eigenvalue weighted by Crippen LogP contribution is 2.64. The maximum Gasteiger partial charge on any atom is 0.104 e. The number of allylic oxidation sites excluding steroid dienone is 10. The normalized spacial score (nSPS) is 19.5. The molecule has 0 saturated heterocycles. The zero-order valence-electron chi connectivity index (χ0n) is 22.1. The molecule has 0 bridgehead atoms. The molecule has 1 atom stereocenters. The molecule has 3 nitrogen and oxygen atoms in total. The molecule has 1 spiro atoms. The fourth-order valence-corrected chi connectivity index (χ4v) is 7.20. The van der Waals surface area contributed by atoms with Gasteiger partial charge in [0, 0.05) is 11.1 Å². The number of fused-ring (bicyclic) bond motifs is 9. The summed E-state index contributed by atoms with van der Waals surface area (Å²) in [7, 11) is 0. The molecule has 41 heavy (non-hydrogen) atoms. The van der Waals surface area contributed by atoms with Crippen molar-refractivity contribution in [3.63, 3.8) is 0 Å². The standard InChI is InChI=1S/C38H23N3/c1-4-13-27-24(9-1)12-7-16-32(27)37-33(23-39-41-40-37)34-19-18-31-29-15-6-3-11-26(29)22-36(31)38(34)20-8-17-30-28-14-5-2-10-25(28)21-35(30)38/h1-23H. The van der Waals surface area contributed by atoms with Gasteiger partial charge in [0.25, 0.3) is 0 Å². The monoisotopic (exact) mass is 521 g/mol. The molecule has 0 radical (unpaired) electrons. The van der Waals surface area contributed by atoms with Crippen LogP contribution in [0.3, 0.4) is 0 Å². The highest BCUT2D eigenvalue weighted by Gasteiger charge is 2.49. The Bertz CT molecular complexity index is 2130. The van der Waals surface area contributed by atoms with Gasteiger partial charge in [0.05, 0.1) is 11.6 Å². The number of aromatic nitrogens is 3. The Balaban J connectivity index is 1.34. The Morgan fingerprint density at radius 3 is 2.00 bits per heavy atom. The summed E-state index contributed by atoms with van der Waals surface area (Å²) < 4.78 is 0. The van der Waals surface area contributed by atoms with Gasteiger partial charge in [-0.15, -0.1) is 10.2 Å². The fourth-order valence-electron chi connectivity index (χ4n) is 7.20. The second-order valence-corrected chi connectivity index (χ2v) is 10.9. The lowest BCUT2D eigenvalue weighted by molar-refractivity contribution is 0.771. The van der Waals surface area contributed by atoms with Crippen LogP contribution < -0.4 is 0 Å². The molecular formula is C38H23N3. The van der Waals surface area contributed by atoms with E-state index in [2.05, 4.69) is 144 Å². The van der Waals surface area contributed by atoms with Gasteiger partial charge in [0.15, 0.2) is 0 Å². The van der Waals surface area contributed by atoms with E-state index >= 15 is 0 Å². The van der Waals surface area contributed by atoms with E-state index in [-0.39, 0.29) is 0 Å². The second-order valence-electron chi connectivity index (χ2n) is 10.9. The lowest BCUT2D eigenvalue weighted by Gasteiger charge is -2.42. The Labute approximate surface area is 237 Å². The highest BCUT2D eigenvalue weighted by molar-refractivity contribution is 6.11. The third-order valence-corrected chi connectivity index (χ3v) is 8.96. The van der Waals surface area contributed by atoms with Crippen molar-refractivity contribution in [2.24, 2.45) is 5.41 Å². The SMILES string of the molecule is C1=CC2(C3=Cc4ccccc4C3=C1)C1=Cc3ccccc3C1=CC=C2c1cnnnc1-c1cccc2ccccc12. The molecule has 0 N–H and O–H groups in total. The summed E-state index contributed by atoms with van der Waals surface area (Å²) in [5.41, 5.74) is 13.7. The summed E-state index contributed by atoms with van der Waals surface area (Å²) in [5.74, 6) is 0. The first-order valence-electron chi connectivity index (χ1n) is 14.0. The van der Waals surface area contributed by atoms with Gasteiger partial charge in [-0.1, -0.05) is 121 Å². The van der Waals surface area contributed by atoms with Crippen molar-refractivity contribution in [2.45, 2.75) is 0 Å². The van der Waals surface area contributed by atoms with Gasteiger partial charge in [0.2, 0.25) is 0 Å². The van der Waals surface area contributed by atoms with E-state index in [9.17, 15) is 0 Å². The molecule has 190 valence electrons. The van der Waals surface area contributed by atoms with E-state index in [1.165, 1.54) is 49.9 Å². The van der Waals surface area contributed by atoms with E-state index < -0.39 is 5.41 Å². The van der Waals surface area contributed by atoms with E-state index in [4.69, 9.17) is 5.10 Å². The summed E-state index contributed by atoms with van der Waals surface area (Å²) in [5, 5.41) is 15.5. The first kappa shape index (κ1) is 22.4. The minimum atomic E-state index is -0.518. The molecule has 9 rings (SSSR count). The van der Waals surface area contributed by atoms with Crippen LogP contribution in [0.4, 0.5) is 0 Å². The van der Waals surface area contributed by atoms with E-state index in [1.54, 1.807) is 0 Å². The quantitative estimate of drug-likeness (QED) is 0.233. The molecule has 1 heterocycles. The van der Waals surface area contributed by atoms with Gasteiger partial charge < -0.3 is 0 Å². The molecule has 4 aliphatic carbocycles. The van der Waals surface area contributed by atoms with Crippen LogP contribution in [0.15, 0.2) is 139 Å². The van der Waals surface area contributed by atoms with Crippen LogP contribution in [0, 0.1) is 5.41 Å². The van der Waals surface area contributed by atoms with E-state index in [0.29, 0.717) is 0 Å². The smallest absolute Gasteiger partial charge is 0.104 e. The zero-order valence-corrected chi connectivity index (χ0v) is 22.1. The van der Waals surface area contributed by atoms with E-state index in [1.807, 2.05) is 6.20 Å². The summed E-state index contributed by atoms with van der Waals surface area (Å²) in [6.45, 7) is 0. The highest BCUT2D eigenvalue weighted by atomic mass is 15.3. The molecule has 0 saturated carbocycles. The van der Waals surface area contributed by atoms with Crippen molar-refractivity contribution in [1.29, 1.82) is 0 Å². The van der Waals surface area contributed by atoms with Gasteiger partial charge in [-0.05, 0) is 78.3 Å². The summed E-state index contributed by atoms with van der Waals surface area (Å²) in [6, 6.07) is 32.2. The Morgan fingerprint density at radius 2 is 1.20 bits per heavy atom. The first-order chi connectivity index (χ1) is 20.3. The van der Waals surface area contributed by atoms with Crippen molar-refractivity contribution < 1.29 is 0 Å². The largest absolute Gasteiger partial charge is 0.138 e. The molecule has 1 unspecified atom stereocenters. The van der Waals surface area contributed by atoms with Crippen LogP contribution >= 0.6 is 0 Å². The van der Waals surface area contributed by atoms with Gasteiger partial charge >= 0.3 is 0 Å².